The van der Waals surface area contributed by atoms with E-state index >= 15 is 0 Å². The summed E-state index contributed by atoms with van der Waals surface area (Å²) in [5, 5.41) is 14.7. The van der Waals surface area contributed by atoms with Gasteiger partial charge in [0.05, 0.1) is 0 Å². The van der Waals surface area contributed by atoms with E-state index in [1.165, 1.54) is 0 Å². The average Bonchev–Trinajstić information content (AvgIpc) is 3.05. The average molecular weight is 411 g/mol. The molecule has 0 aromatic carbocycles. The third-order valence-corrected chi connectivity index (χ3v) is 6.84. The molecule has 1 radical (unpaired) electrons. The fourth-order valence-electron chi connectivity index (χ4n) is 3.15. The van der Waals surface area contributed by atoms with Crippen LogP contribution in [-0.4, -0.2) is 53.7 Å². The molecule has 3 aromatic rings. The molecule has 1 atom stereocenters. The quantitative estimate of drug-likeness (QED) is 0.574. The SMILES string of the molecule is Cc1cc(-c2n[nH]c3cc(NC(=O)[As]C4CCCNC4)ncc23)ccn1. The molecule has 0 saturated carbocycles. The predicted molar refractivity (Wildman–Crippen MR) is 102 cm³/mol. The topological polar surface area (TPSA) is 95.6 Å². The molecule has 0 spiro atoms. The first-order valence-corrected chi connectivity index (χ1v) is 10.7. The van der Waals surface area contributed by atoms with E-state index in [1.54, 1.807) is 12.4 Å². The monoisotopic (exact) mass is 411 g/mol. The van der Waals surface area contributed by atoms with Crippen LogP contribution in [0, 0.1) is 6.92 Å². The Hall–Kier alpha value is -2.24. The van der Waals surface area contributed by atoms with Gasteiger partial charge in [-0.1, -0.05) is 0 Å². The number of carbonyl (C=O) groups is 1. The van der Waals surface area contributed by atoms with E-state index in [2.05, 4.69) is 30.8 Å². The van der Waals surface area contributed by atoms with Gasteiger partial charge in [0, 0.05) is 0 Å². The first-order valence-electron chi connectivity index (χ1n) is 8.69. The Labute approximate surface area is 158 Å². The Bertz CT molecular complexity index is 934. The Morgan fingerprint density at radius 1 is 1.35 bits per heavy atom. The molecule has 0 bridgehead atoms. The van der Waals surface area contributed by atoms with Crippen molar-refractivity contribution >= 4 is 37.2 Å². The number of hydrogen-bond acceptors (Lipinski definition) is 5. The van der Waals surface area contributed by atoms with Gasteiger partial charge in [0.2, 0.25) is 0 Å². The molecule has 1 amide bonds. The number of hydrogen-bond donors (Lipinski definition) is 3. The van der Waals surface area contributed by atoms with Crippen molar-refractivity contribution < 1.29 is 4.79 Å². The molecule has 8 heteroatoms. The van der Waals surface area contributed by atoms with Gasteiger partial charge < -0.3 is 0 Å². The summed E-state index contributed by atoms with van der Waals surface area (Å²) >= 11 is -0.391. The van der Waals surface area contributed by atoms with Crippen molar-refractivity contribution in [3.63, 3.8) is 0 Å². The van der Waals surface area contributed by atoms with Crippen LogP contribution in [0.25, 0.3) is 22.2 Å². The minimum absolute atomic E-state index is 0.103. The second kappa shape index (κ2) is 7.56. The van der Waals surface area contributed by atoms with Crippen molar-refractivity contribution in [3.05, 3.63) is 36.3 Å². The number of fused-ring (bicyclic) bond motifs is 1. The number of nitrogens with one attached hydrogen (secondary N) is 3. The van der Waals surface area contributed by atoms with E-state index in [0.29, 0.717) is 10.5 Å². The van der Waals surface area contributed by atoms with E-state index in [0.717, 1.165) is 53.8 Å². The molecule has 4 rings (SSSR count). The van der Waals surface area contributed by atoms with Crippen LogP contribution in [0.3, 0.4) is 0 Å². The molecule has 3 N–H and O–H groups in total. The van der Waals surface area contributed by atoms with Gasteiger partial charge in [0.15, 0.2) is 0 Å². The molecular weight excluding hydrogens is 391 g/mol. The Kier molecular flexibility index (Phi) is 5.00. The van der Waals surface area contributed by atoms with Gasteiger partial charge in [-0.15, -0.1) is 0 Å². The standard InChI is InChI=1S/C18H20AsN6O/c1-11-7-12(4-6-21-11)17-14-10-22-16(8-15(14)24-25-17)23-18(26)19-13-3-2-5-20-9-13/h4,6-8,10,13,20H,2-3,5,9H2,1H3,(H,24,25)(H,22,23,26). The fraction of sp³-hybridized carbons (Fsp3) is 0.333. The summed E-state index contributed by atoms with van der Waals surface area (Å²) in [7, 11) is 0. The van der Waals surface area contributed by atoms with Crippen LogP contribution in [0.1, 0.15) is 18.5 Å². The number of nitrogens with zero attached hydrogens (tertiary/aromatic N) is 3. The third kappa shape index (κ3) is 3.79. The van der Waals surface area contributed by atoms with Crippen molar-refractivity contribution in [2.45, 2.75) is 24.5 Å². The Morgan fingerprint density at radius 3 is 3.08 bits per heavy atom. The van der Waals surface area contributed by atoms with E-state index in [1.807, 2.05) is 25.1 Å². The zero-order valence-corrected chi connectivity index (χ0v) is 16.4. The Balaban J connectivity index is 1.50. The van der Waals surface area contributed by atoms with Crippen LogP contribution in [-0.2, 0) is 0 Å². The normalized spacial score (nSPS) is 17.8. The predicted octanol–water partition coefficient (Wildman–Crippen LogP) is 2.74. The fourth-order valence-corrected chi connectivity index (χ4v) is 5.33. The molecule has 1 unspecified atom stereocenters. The molecule has 26 heavy (non-hydrogen) atoms. The van der Waals surface area contributed by atoms with Gasteiger partial charge in [-0.05, 0) is 0 Å². The van der Waals surface area contributed by atoms with Crippen molar-refractivity contribution in [2.24, 2.45) is 0 Å². The number of piperidine rings is 1. The van der Waals surface area contributed by atoms with Crippen LogP contribution in [0.5, 0.6) is 0 Å². The maximum absolute atomic E-state index is 12.3. The third-order valence-electron chi connectivity index (χ3n) is 4.42. The van der Waals surface area contributed by atoms with Crippen LogP contribution in [0.15, 0.2) is 30.6 Å². The van der Waals surface area contributed by atoms with Gasteiger partial charge in [-0.2, -0.15) is 0 Å². The molecular formula is C18H20AsN6O. The van der Waals surface area contributed by atoms with Gasteiger partial charge in [-0.25, -0.2) is 0 Å². The van der Waals surface area contributed by atoms with Crippen LogP contribution < -0.4 is 10.6 Å². The zero-order chi connectivity index (χ0) is 17.9. The minimum atomic E-state index is -0.391. The van der Waals surface area contributed by atoms with Gasteiger partial charge in [0.1, 0.15) is 0 Å². The Morgan fingerprint density at radius 2 is 2.27 bits per heavy atom. The summed E-state index contributed by atoms with van der Waals surface area (Å²) in [6, 6.07) is 5.77. The number of anilines is 1. The second-order valence-corrected chi connectivity index (χ2v) is 9.36. The molecule has 1 fully saturated rings. The number of aromatic amines is 1. The second-order valence-electron chi connectivity index (χ2n) is 6.43. The van der Waals surface area contributed by atoms with E-state index in [4.69, 9.17) is 0 Å². The molecule has 4 heterocycles. The van der Waals surface area contributed by atoms with Crippen molar-refractivity contribution in [2.75, 3.05) is 18.4 Å². The van der Waals surface area contributed by atoms with Crippen LogP contribution >= 0.6 is 0 Å². The molecule has 1 aliphatic heterocycles. The molecule has 7 nitrogen and oxygen atoms in total. The zero-order valence-electron chi connectivity index (χ0n) is 14.5. The number of pyridine rings is 2. The number of amides is 1. The van der Waals surface area contributed by atoms with Crippen molar-refractivity contribution in [1.29, 1.82) is 0 Å². The number of aromatic nitrogens is 4. The summed E-state index contributed by atoms with van der Waals surface area (Å²) in [5.74, 6) is 0.572. The molecule has 133 valence electrons. The number of rotatable bonds is 4. The van der Waals surface area contributed by atoms with E-state index < -0.39 is 15.8 Å². The van der Waals surface area contributed by atoms with Gasteiger partial charge in [0.25, 0.3) is 0 Å². The first kappa shape index (κ1) is 17.2. The molecule has 0 aliphatic carbocycles. The summed E-state index contributed by atoms with van der Waals surface area (Å²) in [5.41, 5.74) is 3.64. The van der Waals surface area contributed by atoms with Crippen LogP contribution in [0.4, 0.5) is 10.6 Å². The summed E-state index contributed by atoms with van der Waals surface area (Å²) in [6.45, 7) is 3.97. The van der Waals surface area contributed by atoms with Crippen LogP contribution in [0.2, 0.25) is 4.71 Å². The summed E-state index contributed by atoms with van der Waals surface area (Å²) < 4.78 is 0.601. The van der Waals surface area contributed by atoms with E-state index in [9.17, 15) is 4.79 Å². The first-order chi connectivity index (χ1) is 12.7. The van der Waals surface area contributed by atoms with Gasteiger partial charge >= 0.3 is 158 Å². The molecule has 1 saturated heterocycles. The van der Waals surface area contributed by atoms with Crippen molar-refractivity contribution in [1.82, 2.24) is 25.5 Å². The van der Waals surface area contributed by atoms with E-state index in [-0.39, 0.29) is 4.69 Å². The molecule has 1 aliphatic rings. The maximum atomic E-state index is 12.3. The number of aryl methyl sites for hydroxylation is 1. The number of H-pyrrole nitrogens is 1. The van der Waals surface area contributed by atoms with Gasteiger partial charge in [-0.3, -0.25) is 0 Å². The summed E-state index contributed by atoms with van der Waals surface area (Å²) in [4.78, 5) is 20.9. The molecule has 3 aromatic heterocycles. The summed E-state index contributed by atoms with van der Waals surface area (Å²) in [6.07, 6.45) is 5.83. The van der Waals surface area contributed by atoms with Crippen molar-refractivity contribution in [3.8, 4) is 11.3 Å². The number of carbonyl (C=O) groups excluding carboxylic acids is 1.